The largest absolute Gasteiger partial charge is 0.391 e. The van der Waals surface area contributed by atoms with Crippen molar-refractivity contribution in [2.75, 3.05) is 18.6 Å². The maximum absolute atomic E-state index is 9.33. The van der Waals surface area contributed by atoms with Crippen LogP contribution in [0, 0.1) is 0 Å². The number of aliphatic hydroxyl groups excluding tert-OH is 1. The summed E-state index contributed by atoms with van der Waals surface area (Å²) >= 11 is 1.58. The van der Waals surface area contributed by atoms with E-state index in [0.29, 0.717) is 6.61 Å². The number of hydrogen-bond acceptors (Lipinski definition) is 5. The van der Waals surface area contributed by atoms with Crippen molar-refractivity contribution < 1.29 is 9.84 Å². The Balaban J connectivity index is 2.27. The van der Waals surface area contributed by atoms with Crippen molar-refractivity contribution in [2.45, 2.75) is 45.4 Å². The van der Waals surface area contributed by atoms with Gasteiger partial charge in [0.05, 0.1) is 23.8 Å². The Morgan fingerprint density at radius 2 is 2.29 bits per heavy atom. The number of anilines is 1. The lowest BCUT2D eigenvalue weighted by Gasteiger charge is -2.31. The summed E-state index contributed by atoms with van der Waals surface area (Å²) in [6, 6.07) is 0. The zero-order chi connectivity index (χ0) is 12.5. The van der Waals surface area contributed by atoms with E-state index >= 15 is 0 Å². The lowest BCUT2D eigenvalue weighted by atomic mass is 10.0. The van der Waals surface area contributed by atoms with E-state index in [4.69, 9.17) is 4.74 Å². The van der Waals surface area contributed by atoms with Crippen LogP contribution in [0.25, 0.3) is 0 Å². The number of methoxy groups -OCH3 is 1. The molecule has 4 nitrogen and oxygen atoms in total. The van der Waals surface area contributed by atoms with Crippen molar-refractivity contribution in [3.63, 3.8) is 0 Å². The van der Waals surface area contributed by atoms with E-state index in [1.165, 1.54) is 12.8 Å². The standard InChI is InChI=1S/C12H20N2O2S/c1-12(2)5-4-6-14(12)11-13-9(8-16-3)10(7-15)17-11/h15H,4-8H2,1-3H3. The second kappa shape index (κ2) is 4.92. The summed E-state index contributed by atoms with van der Waals surface area (Å²) < 4.78 is 5.11. The average Bonchev–Trinajstić information content (AvgIpc) is 2.81. The molecule has 0 radical (unpaired) electrons. The first kappa shape index (κ1) is 12.8. The van der Waals surface area contributed by atoms with Crippen LogP contribution in [-0.2, 0) is 18.0 Å². The predicted molar refractivity (Wildman–Crippen MR) is 69.4 cm³/mol. The molecule has 2 rings (SSSR count). The lowest BCUT2D eigenvalue weighted by Crippen LogP contribution is -2.38. The van der Waals surface area contributed by atoms with Gasteiger partial charge < -0.3 is 14.7 Å². The van der Waals surface area contributed by atoms with Crippen LogP contribution in [0.2, 0.25) is 0 Å². The predicted octanol–water partition coefficient (Wildman–Crippen LogP) is 2.16. The number of aliphatic hydroxyl groups is 1. The highest BCUT2D eigenvalue weighted by atomic mass is 32.1. The average molecular weight is 256 g/mol. The minimum absolute atomic E-state index is 0.0463. The molecular weight excluding hydrogens is 236 g/mol. The second-order valence-electron chi connectivity index (χ2n) is 5.03. The van der Waals surface area contributed by atoms with E-state index < -0.39 is 0 Å². The fourth-order valence-electron chi connectivity index (χ4n) is 2.32. The molecule has 1 aromatic heterocycles. The first-order valence-electron chi connectivity index (χ1n) is 5.94. The molecule has 1 saturated heterocycles. The molecule has 0 amide bonds. The maximum Gasteiger partial charge on any atom is 0.186 e. The Hall–Kier alpha value is -0.650. The molecule has 0 bridgehead atoms. The number of hydrogen-bond donors (Lipinski definition) is 1. The van der Waals surface area contributed by atoms with Gasteiger partial charge in [-0.15, -0.1) is 0 Å². The monoisotopic (exact) mass is 256 g/mol. The van der Waals surface area contributed by atoms with Crippen molar-refractivity contribution in [2.24, 2.45) is 0 Å². The van der Waals surface area contributed by atoms with Crippen molar-refractivity contribution in [3.05, 3.63) is 10.6 Å². The SMILES string of the molecule is COCc1nc(N2CCCC2(C)C)sc1CO. The maximum atomic E-state index is 9.33. The first-order valence-corrected chi connectivity index (χ1v) is 6.76. The molecule has 96 valence electrons. The third kappa shape index (κ3) is 2.46. The van der Waals surface area contributed by atoms with Gasteiger partial charge in [0.25, 0.3) is 0 Å². The molecule has 1 fully saturated rings. The van der Waals surface area contributed by atoms with Gasteiger partial charge in [-0.05, 0) is 26.7 Å². The zero-order valence-electron chi connectivity index (χ0n) is 10.7. The third-order valence-corrected chi connectivity index (χ3v) is 4.43. The Bertz CT molecular complexity index is 390. The van der Waals surface area contributed by atoms with Gasteiger partial charge in [-0.25, -0.2) is 4.98 Å². The van der Waals surface area contributed by atoms with Crippen LogP contribution in [0.4, 0.5) is 5.13 Å². The molecule has 0 aromatic carbocycles. The number of rotatable bonds is 4. The van der Waals surface area contributed by atoms with Gasteiger partial charge in [0.2, 0.25) is 0 Å². The topological polar surface area (TPSA) is 45.6 Å². The summed E-state index contributed by atoms with van der Waals surface area (Å²) in [4.78, 5) is 7.87. The van der Waals surface area contributed by atoms with Crippen molar-refractivity contribution in [1.29, 1.82) is 0 Å². The van der Waals surface area contributed by atoms with Crippen LogP contribution in [0.15, 0.2) is 0 Å². The van der Waals surface area contributed by atoms with Gasteiger partial charge >= 0.3 is 0 Å². The first-order chi connectivity index (χ1) is 8.08. The van der Waals surface area contributed by atoms with E-state index in [9.17, 15) is 5.11 Å². The second-order valence-corrected chi connectivity index (χ2v) is 6.09. The molecule has 1 N–H and O–H groups in total. The van der Waals surface area contributed by atoms with Gasteiger partial charge in [0, 0.05) is 19.2 Å². The number of aromatic nitrogens is 1. The van der Waals surface area contributed by atoms with Crippen LogP contribution in [0.1, 0.15) is 37.3 Å². The highest BCUT2D eigenvalue weighted by Gasteiger charge is 2.34. The van der Waals surface area contributed by atoms with E-state index in [1.54, 1.807) is 18.4 Å². The quantitative estimate of drug-likeness (QED) is 0.896. The fraction of sp³-hybridized carbons (Fsp3) is 0.750. The summed E-state index contributed by atoms with van der Waals surface area (Å²) in [6.07, 6.45) is 2.40. The van der Waals surface area contributed by atoms with E-state index in [1.807, 2.05) is 0 Å². The summed E-state index contributed by atoms with van der Waals surface area (Å²) in [5.74, 6) is 0. The van der Waals surface area contributed by atoms with Crippen LogP contribution in [0.3, 0.4) is 0 Å². The van der Waals surface area contributed by atoms with Crippen LogP contribution >= 0.6 is 11.3 Å². The van der Waals surface area contributed by atoms with Crippen molar-refractivity contribution in [3.8, 4) is 0 Å². The molecule has 5 heteroatoms. The molecule has 17 heavy (non-hydrogen) atoms. The van der Waals surface area contributed by atoms with Gasteiger partial charge in [0.15, 0.2) is 5.13 Å². The number of thiazole rings is 1. The molecule has 1 aromatic rings. The normalized spacial score (nSPS) is 18.9. The Morgan fingerprint density at radius 1 is 1.53 bits per heavy atom. The Morgan fingerprint density at radius 3 is 2.82 bits per heavy atom. The van der Waals surface area contributed by atoms with Gasteiger partial charge in [-0.3, -0.25) is 0 Å². The molecule has 0 unspecified atom stereocenters. The van der Waals surface area contributed by atoms with Gasteiger partial charge in [0.1, 0.15) is 0 Å². The Kier molecular flexibility index (Phi) is 3.70. The van der Waals surface area contributed by atoms with Crippen molar-refractivity contribution in [1.82, 2.24) is 4.98 Å². The lowest BCUT2D eigenvalue weighted by molar-refractivity contribution is 0.179. The molecule has 0 aliphatic carbocycles. The highest BCUT2D eigenvalue weighted by Crippen LogP contribution is 2.37. The number of nitrogens with zero attached hydrogens (tertiary/aromatic N) is 2. The van der Waals surface area contributed by atoms with E-state index in [0.717, 1.165) is 22.2 Å². The van der Waals surface area contributed by atoms with Gasteiger partial charge in [-0.2, -0.15) is 0 Å². The molecule has 2 heterocycles. The smallest absolute Gasteiger partial charge is 0.186 e. The van der Waals surface area contributed by atoms with Crippen LogP contribution in [0.5, 0.6) is 0 Å². The highest BCUT2D eigenvalue weighted by molar-refractivity contribution is 7.15. The molecule has 1 aliphatic rings. The minimum atomic E-state index is 0.0463. The number of ether oxygens (including phenoxy) is 1. The van der Waals surface area contributed by atoms with Crippen molar-refractivity contribution >= 4 is 16.5 Å². The molecular formula is C12H20N2O2S. The summed E-state index contributed by atoms with van der Waals surface area (Å²) in [7, 11) is 1.65. The molecule has 0 saturated carbocycles. The summed E-state index contributed by atoms with van der Waals surface area (Å²) in [5, 5.41) is 10.3. The molecule has 0 atom stereocenters. The Labute approximate surface area is 106 Å². The van der Waals surface area contributed by atoms with Crippen LogP contribution < -0.4 is 4.90 Å². The fourth-order valence-corrected chi connectivity index (χ4v) is 3.43. The summed E-state index contributed by atoms with van der Waals surface area (Å²) in [6.45, 7) is 6.06. The zero-order valence-corrected chi connectivity index (χ0v) is 11.5. The minimum Gasteiger partial charge on any atom is -0.391 e. The molecule has 1 aliphatic heterocycles. The van der Waals surface area contributed by atoms with E-state index in [2.05, 4.69) is 23.7 Å². The summed E-state index contributed by atoms with van der Waals surface area (Å²) in [5.41, 5.74) is 1.05. The van der Waals surface area contributed by atoms with Crippen LogP contribution in [-0.4, -0.2) is 29.3 Å². The van der Waals surface area contributed by atoms with Gasteiger partial charge in [-0.1, -0.05) is 11.3 Å². The third-order valence-electron chi connectivity index (χ3n) is 3.32. The molecule has 0 spiro atoms. The van der Waals surface area contributed by atoms with E-state index in [-0.39, 0.29) is 12.1 Å².